The topological polar surface area (TPSA) is 92.5 Å². The maximum Gasteiger partial charge on any atom is 0.252 e. The van der Waals surface area contributed by atoms with Crippen LogP contribution in [-0.2, 0) is 9.59 Å². The molecule has 2 rings (SSSR count). The number of likely N-dealkylation sites (tertiary alicyclic amines) is 1. The Hall–Kier alpha value is -2.37. The van der Waals surface area contributed by atoms with Crippen molar-refractivity contribution in [3.05, 3.63) is 29.3 Å². The Labute approximate surface area is 142 Å². The summed E-state index contributed by atoms with van der Waals surface area (Å²) in [5, 5.41) is 2.82. The highest BCUT2D eigenvalue weighted by atomic mass is 16.2. The van der Waals surface area contributed by atoms with E-state index in [9.17, 15) is 14.4 Å². The molecule has 130 valence electrons. The zero-order chi connectivity index (χ0) is 17.9. The second-order valence-corrected chi connectivity index (χ2v) is 6.59. The van der Waals surface area contributed by atoms with E-state index >= 15 is 0 Å². The van der Waals surface area contributed by atoms with E-state index in [-0.39, 0.29) is 23.8 Å². The van der Waals surface area contributed by atoms with Crippen LogP contribution in [0.25, 0.3) is 0 Å². The summed E-state index contributed by atoms with van der Waals surface area (Å²) in [6, 6.07) is 4.08. The van der Waals surface area contributed by atoms with Crippen LogP contribution in [0.4, 0.5) is 5.69 Å². The third kappa shape index (κ3) is 3.58. The van der Waals surface area contributed by atoms with Gasteiger partial charge in [-0.2, -0.15) is 0 Å². The molecule has 1 fully saturated rings. The number of benzene rings is 1. The number of anilines is 1. The fourth-order valence-corrected chi connectivity index (χ4v) is 3.02. The summed E-state index contributed by atoms with van der Waals surface area (Å²) >= 11 is 0. The smallest absolute Gasteiger partial charge is 0.252 e. The highest BCUT2D eigenvalue weighted by Gasteiger charge is 2.35. The van der Waals surface area contributed by atoms with E-state index in [4.69, 9.17) is 5.73 Å². The molecule has 1 aliphatic heterocycles. The molecule has 1 aromatic rings. The van der Waals surface area contributed by atoms with Gasteiger partial charge in [-0.1, -0.05) is 19.9 Å². The van der Waals surface area contributed by atoms with Crippen molar-refractivity contribution < 1.29 is 14.4 Å². The predicted molar refractivity (Wildman–Crippen MR) is 92.5 cm³/mol. The van der Waals surface area contributed by atoms with Gasteiger partial charge in [-0.3, -0.25) is 9.59 Å². The summed E-state index contributed by atoms with van der Waals surface area (Å²) in [4.78, 5) is 38.1. The van der Waals surface area contributed by atoms with Crippen molar-refractivity contribution in [2.24, 2.45) is 5.92 Å². The fraction of sp³-hybridized carbons (Fsp3) is 0.500. The van der Waals surface area contributed by atoms with E-state index < -0.39 is 6.04 Å². The summed E-state index contributed by atoms with van der Waals surface area (Å²) in [5.41, 5.74) is 7.54. The fourth-order valence-electron chi connectivity index (χ4n) is 3.02. The number of nitrogen functional groups attached to an aromatic ring is 1. The van der Waals surface area contributed by atoms with Crippen LogP contribution in [0.2, 0.25) is 0 Å². The van der Waals surface area contributed by atoms with E-state index in [1.165, 1.54) is 0 Å². The number of nitrogens with two attached hydrogens (primary N) is 1. The lowest BCUT2D eigenvalue weighted by Gasteiger charge is -2.29. The highest BCUT2D eigenvalue weighted by Crippen LogP contribution is 2.20. The number of aldehydes is 1. The molecule has 0 spiro atoms. The van der Waals surface area contributed by atoms with Crippen LogP contribution in [-0.4, -0.2) is 41.6 Å². The molecule has 0 aromatic heterocycles. The molecule has 6 nitrogen and oxygen atoms in total. The molecule has 6 heteroatoms. The van der Waals surface area contributed by atoms with Crippen molar-refractivity contribution >= 4 is 23.8 Å². The van der Waals surface area contributed by atoms with Crippen LogP contribution in [0.5, 0.6) is 0 Å². The molecule has 2 amide bonds. The Balaban J connectivity index is 2.19. The first-order chi connectivity index (χ1) is 11.4. The number of carbonyl (C=O) groups excluding carboxylic acids is 3. The van der Waals surface area contributed by atoms with Gasteiger partial charge in [0.2, 0.25) is 5.91 Å². The SMILES string of the molecule is Cc1c(N)cccc1C(=O)N[C@H](C(=O)N1CCC[C@H]1C=O)C(C)C. The number of hydrogen-bond acceptors (Lipinski definition) is 4. The zero-order valence-electron chi connectivity index (χ0n) is 14.4. The summed E-state index contributed by atoms with van der Waals surface area (Å²) in [5.74, 6) is -0.612. The Kier molecular flexibility index (Phi) is 5.59. The van der Waals surface area contributed by atoms with E-state index in [1.54, 1.807) is 30.0 Å². The number of nitrogens with zero attached hydrogens (tertiary/aromatic N) is 1. The Morgan fingerprint density at radius 1 is 1.38 bits per heavy atom. The van der Waals surface area contributed by atoms with E-state index in [1.807, 2.05) is 13.8 Å². The maximum absolute atomic E-state index is 12.8. The lowest BCUT2D eigenvalue weighted by atomic mass is 10.0. The summed E-state index contributed by atoms with van der Waals surface area (Å²) in [6.07, 6.45) is 2.30. The lowest BCUT2D eigenvalue weighted by Crippen LogP contribution is -2.52. The second kappa shape index (κ2) is 7.47. The molecule has 3 N–H and O–H groups in total. The molecule has 0 radical (unpaired) electrons. The van der Waals surface area contributed by atoms with Gasteiger partial charge in [-0.25, -0.2) is 0 Å². The van der Waals surface area contributed by atoms with Crippen LogP contribution in [0.15, 0.2) is 18.2 Å². The van der Waals surface area contributed by atoms with E-state index in [0.29, 0.717) is 29.8 Å². The maximum atomic E-state index is 12.8. The van der Waals surface area contributed by atoms with Gasteiger partial charge >= 0.3 is 0 Å². The van der Waals surface area contributed by atoms with Crippen molar-refractivity contribution in [1.29, 1.82) is 0 Å². The first-order valence-electron chi connectivity index (χ1n) is 8.28. The molecular formula is C18H25N3O3. The van der Waals surface area contributed by atoms with Crippen LogP contribution in [0.3, 0.4) is 0 Å². The highest BCUT2D eigenvalue weighted by molar-refractivity contribution is 6.00. The molecular weight excluding hydrogens is 306 g/mol. The number of hydrogen-bond donors (Lipinski definition) is 2. The molecule has 1 aromatic carbocycles. The molecule has 2 atom stereocenters. The number of rotatable bonds is 5. The number of carbonyl (C=O) groups is 3. The van der Waals surface area contributed by atoms with Gasteiger partial charge in [0.05, 0.1) is 6.04 Å². The summed E-state index contributed by atoms with van der Waals surface area (Å²) in [7, 11) is 0. The van der Waals surface area contributed by atoms with Gasteiger partial charge in [0.1, 0.15) is 12.3 Å². The van der Waals surface area contributed by atoms with Crippen molar-refractivity contribution in [2.45, 2.75) is 45.7 Å². The standard InChI is InChI=1S/C18H25N3O3/c1-11(2)16(18(24)21-9-5-6-13(21)10-22)20-17(23)14-7-4-8-15(19)12(14)3/h4,7-8,10-11,13,16H,5-6,9,19H2,1-3H3,(H,20,23)/t13-,16-/m0/s1. The van der Waals surface area contributed by atoms with Crippen molar-refractivity contribution in [3.63, 3.8) is 0 Å². The third-order valence-electron chi connectivity index (χ3n) is 4.58. The van der Waals surface area contributed by atoms with Crippen LogP contribution >= 0.6 is 0 Å². The Bertz CT molecular complexity index is 642. The van der Waals surface area contributed by atoms with Crippen molar-refractivity contribution in [3.8, 4) is 0 Å². The molecule has 0 saturated carbocycles. The van der Waals surface area contributed by atoms with Crippen LogP contribution in [0, 0.1) is 12.8 Å². The van der Waals surface area contributed by atoms with Crippen molar-refractivity contribution in [2.75, 3.05) is 12.3 Å². The number of nitrogens with one attached hydrogen (secondary N) is 1. The third-order valence-corrected chi connectivity index (χ3v) is 4.58. The average molecular weight is 331 g/mol. The lowest BCUT2D eigenvalue weighted by molar-refractivity contribution is -0.137. The van der Waals surface area contributed by atoms with Gasteiger partial charge < -0.3 is 20.7 Å². The molecule has 0 bridgehead atoms. The molecule has 24 heavy (non-hydrogen) atoms. The Morgan fingerprint density at radius 2 is 2.08 bits per heavy atom. The normalized spacial score (nSPS) is 18.5. The molecule has 1 saturated heterocycles. The minimum absolute atomic E-state index is 0.0873. The minimum Gasteiger partial charge on any atom is -0.398 e. The van der Waals surface area contributed by atoms with E-state index in [2.05, 4.69) is 5.32 Å². The first kappa shape index (κ1) is 18.0. The monoisotopic (exact) mass is 331 g/mol. The second-order valence-electron chi connectivity index (χ2n) is 6.59. The predicted octanol–water partition coefficient (Wildman–Crippen LogP) is 1.52. The van der Waals surface area contributed by atoms with Gasteiger partial charge in [0.15, 0.2) is 0 Å². The largest absolute Gasteiger partial charge is 0.398 e. The molecule has 0 unspecified atom stereocenters. The van der Waals surface area contributed by atoms with Gasteiger partial charge in [0.25, 0.3) is 5.91 Å². The van der Waals surface area contributed by atoms with Gasteiger partial charge in [-0.15, -0.1) is 0 Å². The van der Waals surface area contributed by atoms with Crippen molar-refractivity contribution in [1.82, 2.24) is 10.2 Å². The number of amides is 2. The van der Waals surface area contributed by atoms with Crippen LogP contribution in [0.1, 0.15) is 42.6 Å². The Morgan fingerprint density at radius 3 is 2.71 bits per heavy atom. The molecule has 0 aliphatic carbocycles. The quantitative estimate of drug-likeness (QED) is 0.632. The minimum atomic E-state index is -0.668. The zero-order valence-corrected chi connectivity index (χ0v) is 14.4. The van der Waals surface area contributed by atoms with E-state index in [0.717, 1.165) is 12.7 Å². The van der Waals surface area contributed by atoms with Gasteiger partial charge in [-0.05, 0) is 43.4 Å². The summed E-state index contributed by atoms with van der Waals surface area (Å²) < 4.78 is 0. The van der Waals surface area contributed by atoms with Crippen LogP contribution < -0.4 is 11.1 Å². The summed E-state index contributed by atoms with van der Waals surface area (Å²) in [6.45, 7) is 6.08. The first-order valence-corrected chi connectivity index (χ1v) is 8.28. The molecule has 1 aliphatic rings. The average Bonchev–Trinajstić information content (AvgIpc) is 3.02. The van der Waals surface area contributed by atoms with Gasteiger partial charge in [0, 0.05) is 17.8 Å². The molecule has 1 heterocycles.